The summed E-state index contributed by atoms with van der Waals surface area (Å²) >= 11 is 0. The molecule has 0 amide bonds. The molecule has 12 aromatic rings. The van der Waals surface area contributed by atoms with Gasteiger partial charge in [-0.15, -0.1) is 0 Å². The summed E-state index contributed by atoms with van der Waals surface area (Å²) in [5, 5.41) is 14.8. The Labute approximate surface area is 376 Å². The van der Waals surface area contributed by atoms with Crippen molar-refractivity contribution in [1.82, 2.24) is 19.1 Å². The third-order valence-corrected chi connectivity index (χ3v) is 12.8. The molecule has 0 spiro atoms. The molecule has 0 N–H and O–H groups in total. The van der Waals surface area contributed by atoms with E-state index >= 15 is 0 Å². The minimum Gasteiger partial charge on any atom is -0.309 e. The molecule has 0 saturated heterocycles. The lowest BCUT2D eigenvalue weighted by Crippen LogP contribution is -2.06. The number of hydrogen-bond donors (Lipinski definition) is 0. The molecule has 0 aliphatic carbocycles. The Kier molecular flexibility index (Phi) is 9.03. The van der Waals surface area contributed by atoms with E-state index in [0.717, 1.165) is 106 Å². The van der Waals surface area contributed by atoms with Crippen molar-refractivity contribution in [3.63, 3.8) is 0 Å². The molecule has 0 bridgehead atoms. The Bertz CT molecular complexity index is 3850. The highest BCUT2D eigenvalue weighted by Crippen LogP contribution is 2.44. The van der Waals surface area contributed by atoms with Crippen LogP contribution in [0, 0.1) is 18.3 Å². The number of para-hydroxylation sites is 2. The van der Waals surface area contributed by atoms with Gasteiger partial charge in [0.05, 0.1) is 56.5 Å². The van der Waals surface area contributed by atoms with Gasteiger partial charge in [-0.05, 0) is 83.8 Å². The maximum atomic E-state index is 10.1. The number of nitriles is 1. The SMILES string of the molecule is Cc1c(-n2c3ccccc3c3ccc(-c4cccnc4-c4ccccc4)cc32)ccc(-c2cccc(C#N)c2)c1-n1c2ccccc2c2ccc(-c3cccnc3-c3ccccc3)cc21. The zero-order chi connectivity index (χ0) is 43.4. The highest BCUT2D eigenvalue weighted by Gasteiger charge is 2.24. The molecular formula is C60H39N5. The smallest absolute Gasteiger partial charge is 0.0991 e. The molecule has 4 heterocycles. The molecule has 4 aromatic heterocycles. The van der Waals surface area contributed by atoms with E-state index in [1.165, 1.54) is 10.8 Å². The molecule has 0 radical (unpaired) electrons. The van der Waals surface area contributed by atoms with Crippen LogP contribution < -0.4 is 0 Å². The number of nitrogens with zero attached hydrogens (tertiary/aromatic N) is 5. The average Bonchev–Trinajstić information content (AvgIpc) is 3.88. The second-order valence-corrected chi connectivity index (χ2v) is 16.5. The van der Waals surface area contributed by atoms with Gasteiger partial charge < -0.3 is 9.13 Å². The molecule has 0 atom stereocenters. The minimum absolute atomic E-state index is 0.616. The largest absolute Gasteiger partial charge is 0.309 e. The first-order valence-electron chi connectivity index (χ1n) is 21.9. The van der Waals surface area contributed by atoms with Crippen molar-refractivity contribution >= 4 is 43.6 Å². The molecule has 0 aliphatic rings. The first-order valence-corrected chi connectivity index (χ1v) is 21.9. The van der Waals surface area contributed by atoms with Gasteiger partial charge in [0.2, 0.25) is 0 Å². The first kappa shape index (κ1) is 37.9. The Morgan fingerprint density at radius 3 is 1.46 bits per heavy atom. The molecule has 0 unspecified atom stereocenters. The third-order valence-electron chi connectivity index (χ3n) is 12.8. The van der Waals surface area contributed by atoms with Crippen LogP contribution in [0.25, 0.3) is 111 Å². The average molecular weight is 830 g/mol. The van der Waals surface area contributed by atoms with Crippen LogP contribution in [0.1, 0.15) is 11.1 Å². The Hall–Kier alpha value is -8.85. The van der Waals surface area contributed by atoms with Gasteiger partial charge in [-0.1, -0.05) is 152 Å². The van der Waals surface area contributed by atoms with Crippen LogP contribution in [0.15, 0.2) is 219 Å². The van der Waals surface area contributed by atoms with Gasteiger partial charge in [0.15, 0.2) is 0 Å². The molecule has 304 valence electrons. The highest BCUT2D eigenvalue weighted by molar-refractivity contribution is 6.13. The summed E-state index contributed by atoms with van der Waals surface area (Å²) in [4.78, 5) is 9.80. The van der Waals surface area contributed by atoms with Crippen LogP contribution >= 0.6 is 0 Å². The van der Waals surface area contributed by atoms with Gasteiger partial charge in [-0.25, -0.2) is 0 Å². The van der Waals surface area contributed by atoms with Crippen molar-refractivity contribution in [3.05, 3.63) is 230 Å². The highest BCUT2D eigenvalue weighted by atomic mass is 15.0. The van der Waals surface area contributed by atoms with Crippen molar-refractivity contribution in [3.8, 4) is 73.3 Å². The fraction of sp³-hybridized carbons (Fsp3) is 0.0167. The standard InChI is InChI=1S/C60H39N5/c1-39-53(64-54-25-10-8-21-49(54)51-29-27-44(36-56(51)64)46-23-13-33-62-58(46)41-16-4-2-5-17-41)32-31-48(43-20-12-15-40(35-43)38-61)60(39)65-55-26-11-9-22-50(55)52-30-28-45(37-57(52)65)47-24-14-34-63-59(47)42-18-6-3-7-19-42/h2-37H,1H3. The zero-order valence-corrected chi connectivity index (χ0v) is 35.5. The predicted molar refractivity (Wildman–Crippen MR) is 267 cm³/mol. The minimum atomic E-state index is 0.616. The lowest BCUT2D eigenvalue weighted by molar-refractivity contribution is 1.10. The molecule has 8 aromatic carbocycles. The quantitative estimate of drug-likeness (QED) is 0.161. The van der Waals surface area contributed by atoms with E-state index in [0.29, 0.717) is 5.56 Å². The lowest BCUT2D eigenvalue weighted by atomic mass is 9.96. The van der Waals surface area contributed by atoms with Crippen molar-refractivity contribution in [1.29, 1.82) is 5.26 Å². The normalized spacial score (nSPS) is 11.4. The maximum Gasteiger partial charge on any atom is 0.0991 e. The fourth-order valence-electron chi connectivity index (χ4n) is 9.91. The molecule has 12 rings (SSSR count). The fourth-order valence-corrected chi connectivity index (χ4v) is 9.91. The number of hydrogen-bond acceptors (Lipinski definition) is 3. The van der Waals surface area contributed by atoms with Crippen molar-refractivity contribution in [2.45, 2.75) is 6.92 Å². The van der Waals surface area contributed by atoms with Crippen LogP contribution in [0.2, 0.25) is 0 Å². The van der Waals surface area contributed by atoms with Crippen LogP contribution in [0.3, 0.4) is 0 Å². The second kappa shape index (κ2) is 15.5. The Morgan fingerprint density at radius 2 is 0.877 bits per heavy atom. The van der Waals surface area contributed by atoms with Gasteiger partial charge in [0, 0.05) is 61.8 Å². The summed E-state index contributed by atoms with van der Waals surface area (Å²) in [6.07, 6.45) is 3.74. The number of rotatable bonds is 7. The molecular weight excluding hydrogens is 791 g/mol. The van der Waals surface area contributed by atoms with Gasteiger partial charge in [-0.2, -0.15) is 5.26 Å². The molecule has 5 heteroatoms. The van der Waals surface area contributed by atoms with Crippen molar-refractivity contribution in [2.24, 2.45) is 0 Å². The summed E-state index contributed by atoms with van der Waals surface area (Å²) < 4.78 is 4.88. The van der Waals surface area contributed by atoms with Crippen LogP contribution in [0.5, 0.6) is 0 Å². The van der Waals surface area contributed by atoms with Gasteiger partial charge in [-0.3, -0.25) is 9.97 Å². The lowest BCUT2D eigenvalue weighted by Gasteiger charge is -2.22. The number of aromatic nitrogens is 4. The molecule has 0 fully saturated rings. The van der Waals surface area contributed by atoms with Crippen molar-refractivity contribution in [2.75, 3.05) is 0 Å². The summed E-state index contributed by atoms with van der Waals surface area (Å²) in [5.41, 5.74) is 18.6. The summed E-state index contributed by atoms with van der Waals surface area (Å²) in [6, 6.07) is 75.1. The number of benzene rings is 8. The topological polar surface area (TPSA) is 59.4 Å². The van der Waals surface area contributed by atoms with E-state index in [9.17, 15) is 5.26 Å². The molecule has 65 heavy (non-hydrogen) atoms. The summed E-state index contributed by atoms with van der Waals surface area (Å²) in [6.45, 7) is 2.25. The summed E-state index contributed by atoms with van der Waals surface area (Å²) in [5.74, 6) is 0. The van der Waals surface area contributed by atoms with E-state index < -0.39 is 0 Å². The second-order valence-electron chi connectivity index (χ2n) is 16.5. The predicted octanol–water partition coefficient (Wildman–Crippen LogP) is 15.2. The monoisotopic (exact) mass is 829 g/mol. The third kappa shape index (κ3) is 6.23. The first-order chi connectivity index (χ1) is 32.1. The van der Waals surface area contributed by atoms with Gasteiger partial charge >= 0.3 is 0 Å². The Morgan fingerprint density at radius 1 is 0.385 bits per heavy atom. The molecule has 5 nitrogen and oxygen atoms in total. The Balaban J connectivity index is 1.15. The van der Waals surface area contributed by atoms with Crippen LogP contribution in [0.4, 0.5) is 0 Å². The van der Waals surface area contributed by atoms with Crippen LogP contribution in [-0.4, -0.2) is 19.1 Å². The van der Waals surface area contributed by atoms with Gasteiger partial charge in [0.1, 0.15) is 0 Å². The number of pyridine rings is 2. The van der Waals surface area contributed by atoms with Crippen LogP contribution in [-0.2, 0) is 0 Å². The van der Waals surface area contributed by atoms with Crippen molar-refractivity contribution < 1.29 is 0 Å². The van der Waals surface area contributed by atoms with E-state index in [2.05, 4.69) is 186 Å². The van der Waals surface area contributed by atoms with E-state index in [-0.39, 0.29) is 0 Å². The summed E-state index contributed by atoms with van der Waals surface area (Å²) in [7, 11) is 0. The maximum absolute atomic E-state index is 10.1. The molecule has 0 aliphatic heterocycles. The number of fused-ring (bicyclic) bond motifs is 6. The zero-order valence-electron chi connectivity index (χ0n) is 35.5. The van der Waals surface area contributed by atoms with E-state index in [1.54, 1.807) is 0 Å². The van der Waals surface area contributed by atoms with E-state index in [1.807, 2.05) is 54.9 Å². The van der Waals surface area contributed by atoms with E-state index in [4.69, 9.17) is 9.97 Å². The van der Waals surface area contributed by atoms with Gasteiger partial charge in [0.25, 0.3) is 0 Å². The molecule has 0 saturated carbocycles.